The number of nitrogens with two attached hydrogens (primary N) is 1. The van der Waals surface area contributed by atoms with E-state index in [4.69, 9.17) is 10.5 Å². The maximum atomic E-state index is 5.83. The molecule has 96 valence electrons. The predicted octanol–water partition coefficient (Wildman–Crippen LogP) is 1.81. The fourth-order valence-corrected chi connectivity index (χ4v) is 1.63. The van der Waals surface area contributed by atoms with Gasteiger partial charge in [-0.3, -0.25) is 9.55 Å². The van der Waals surface area contributed by atoms with Crippen molar-refractivity contribution in [3.8, 4) is 11.8 Å². The zero-order valence-electron chi connectivity index (χ0n) is 10.8. The number of ether oxygens (including phenoxy) is 1. The van der Waals surface area contributed by atoms with E-state index in [1.54, 1.807) is 6.20 Å². The zero-order chi connectivity index (χ0) is 13.1. The van der Waals surface area contributed by atoms with Crippen molar-refractivity contribution in [1.29, 1.82) is 0 Å². The molecule has 0 aliphatic heterocycles. The lowest BCUT2D eigenvalue weighted by atomic mass is 10.3. The Morgan fingerprint density at radius 3 is 2.72 bits per heavy atom. The van der Waals surface area contributed by atoms with Gasteiger partial charge in [0.25, 0.3) is 0 Å². The molecule has 0 fully saturated rings. The molecule has 0 spiro atoms. The molecule has 6 heteroatoms. The summed E-state index contributed by atoms with van der Waals surface area (Å²) in [5, 5.41) is 8.05. The first-order chi connectivity index (χ1) is 8.61. The number of aryl methyl sites for hydroxylation is 1. The zero-order valence-corrected chi connectivity index (χ0v) is 10.8. The average Bonchev–Trinajstić information content (AvgIpc) is 2.75. The van der Waals surface area contributed by atoms with Crippen molar-refractivity contribution >= 4 is 0 Å². The third-order valence-electron chi connectivity index (χ3n) is 2.56. The molecule has 0 radical (unpaired) electrons. The van der Waals surface area contributed by atoms with Crippen LogP contribution >= 0.6 is 0 Å². The second kappa shape index (κ2) is 5.14. The Morgan fingerprint density at radius 2 is 2.17 bits per heavy atom. The van der Waals surface area contributed by atoms with Crippen molar-refractivity contribution in [2.24, 2.45) is 5.73 Å². The van der Waals surface area contributed by atoms with Crippen molar-refractivity contribution in [3.05, 3.63) is 29.8 Å². The van der Waals surface area contributed by atoms with Crippen LogP contribution in [0.3, 0.4) is 0 Å². The number of pyridine rings is 1. The van der Waals surface area contributed by atoms with E-state index in [0.29, 0.717) is 24.1 Å². The Labute approximate surface area is 106 Å². The highest BCUT2D eigenvalue weighted by Crippen LogP contribution is 2.21. The fraction of sp³-hybridized carbons (Fsp3) is 0.417. The summed E-state index contributed by atoms with van der Waals surface area (Å²) >= 11 is 0. The molecular weight excluding hydrogens is 230 g/mol. The number of nitrogens with zero attached hydrogens (tertiary/aromatic N) is 4. The largest absolute Gasteiger partial charge is 0.423 e. The molecule has 2 N–H and O–H groups in total. The van der Waals surface area contributed by atoms with E-state index in [1.165, 1.54) is 0 Å². The first kappa shape index (κ1) is 12.5. The SMILES string of the molecule is CCn1c(Oc2ccc(C)nc2)nnc1[C@@H](C)N. The van der Waals surface area contributed by atoms with Crippen molar-refractivity contribution in [2.75, 3.05) is 0 Å². The maximum Gasteiger partial charge on any atom is 0.322 e. The molecule has 2 aromatic heterocycles. The minimum absolute atomic E-state index is 0.175. The summed E-state index contributed by atoms with van der Waals surface area (Å²) in [4.78, 5) is 4.17. The van der Waals surface area contributed by atoms with Gasteiger partial charge in [0.2, 0.25) is 0 Å². The van der Waals surface area contributed by atoms with E-state index in [9.17, 15) is 0 Å². The summed E-state index contributed by atoms with van der Waals surface area (Å²) < 4.78 is 7.51. The van der Waals surface area contributed by atoms with Crippen LogP contribution in [-0.2, 0) is 6.54 Å². The smallest absolute Gasteiger partial charge is 0.322 e. The fourth-order valence-electron chi connectivity index (χ4n) is 1.63. The monoisotopic (exact) mass is 247 g/mol. The minimum atomic E-state index is -0.175. The first-order valence-electron chi connectivity index (χ1n) is 5.91. The number of hydrogen-bond donors (Lipinski definition) is 1. The molecule has 0 unspecified atom stereocenters. The third-order valence-corrected chi connectivity index (χ3v) is 2.56. The summed E-state index contributed by atoms with van der Waals surface area (Å²) in [6.07, 6.45) is 1.66. The molecule has 0 saturated heterocycles. The number of rotatable bonds is 4. The van der Waals surface area contributed by atoms with Gasteiger partial charge in [0.15, 0.2) is 5.82 Å². The molecule has 0 saturated carbocycles. The van der Waals surface area contributed by atoms with Crippen LogP contribution in [0.25, 0.3) is 0 Å². The van der Waals surface area contributed by atoms with Gasteiger partial charge in [-0.15, -0.1) is 5.10 Å². The molecule has 1 atom stereocenters. The second-order valence-corrected chi connectivity index (χ2v) is 4.11. The van der Waals surface area contributed by atoms with Gasteiger partial charge in [-0.05, 0) is 32.9 Å². The van der Waals surface area contributed by atoms with E-state index in [1.807, 2.05) is 37.5 Å². The highest BCUT2D eigenvalue weighted by molar-refractivity contribution is 5.23. The van der Waals surface area contributed by atoms with Gasteiger partial charge >= 0.3 is 6.01 Å². The van der Waals surface area contributed by atoms with Crippen LogP contribution in [0.15, 0.2) is 18.3 Å². The van der Waals surface area contributed by atoms with E-state index < -0.39 is 0 Å². The molecule has 0 amide bonds. The third kappa shape index (κ3) is 2.48. The van der Waals surface area contributed by atoms with Gasteiger partial charge in [-0.1, -0.05) is 5.10 Å². The van der Waals surface area contributed by atoms with Crippen molar-refractivity contribution in [1.82, 2.24) is 19.7 Å². The molecule has 0 bridgehead atoms. The maximum absolute atomic E-state index is 5.83. The Bertz CT molecular complexity index is 518. The predicted molar refractivity (Wildman–Crippen MR) is 67.3 cm³/mol. The normalized spacial score (nSPS) is 12.4. The van der Waals surface area contributed by atoms with Gasteiger partial charge in [0, 0.05) is 12.2 Å². The topological polar surface area (TPSA) is 78.8 Å². The van der Waals surface area contributed by atoms with Crippen LogP contribution < -0.4 is 10.5 Å². The standard InChI is InChI=1S/C12H17N5O/c1-4-17-11(9(3)13)15-16-12(17)18-10-6-5-8(2)14-7-10/h5-7,9H,4,13H2,1-3H3/t9-/m1/s1. The quantitative estimate of drug-likeness (QED) is 0.891. The van der Waals surface area contributed by atoms with E-state index in [2.05, 4.69) is 15.2 Å². The lowest BCUT2D eigenvalue weighted by Crippen LogP contribution is -2.13. The van der Waals surface area contributed by atoms with Crippen LogP contribution in [0.5, 0.6) is 11.8 Å². The molecule has 0 aliphatic rings. The summed E-state index contributed by atoms with van der Waals surface area (Å²) in [6, 6.07) is 4.00. The van der Waals surface area contributed by atoms with E-state index >= 15 is 0 Å². The Morgan fingerprint density at radius 1 is 1.39 bits per heavy atom. The van der Waals surface area contributed by atoms with Crippen LogP contribution in [0.4, 0.5) is 0 Å². The molecule has 0 aromatic carbocycles. The molecular formula is C12H17N5O. The summed E-state index contributed by atoms with van der Waals surface area (Å²) in [6.45, 7) is 6.49. The molecule has 2 rings (SSSR count). The van der Waals surface area contributed by atoms with Crippen molar-refractivity contribution in [2.45, 2.75) is 33.4 Å². The average molecular weight is 247 g/mol. The van der Waals surface area contributed by atoms with Gasteiger partial charge < -0.3 is 10.5 Å². The molecule has 2 heterocycles. The Hall–Kier alpha value is -1.95. The van der Waals surface area contributed by atoms with Gasteiger partial charge in [0.05, 0.1) is 12.2 Å². The first-order valence-corrected chi connectivity index (χ1v) is 5.91. The Kier molecular flexibility index (Phi) is 3.57. The summed E-state index contributed by atoms with van der Waals surface area (Å²) in [5.74, 6) is 1.35. The van der Waals surface area contributed by atoms with Crippen molar-refractivity contribution in [3.63, 3.8) is 0 Å². The number of hydrogen-bond acceptors (Lipinski definition) is 5. The van der Waals surface area contributed by atoms with Crippen LogP contribution in [0.1, 0.15) is 31.4 Å². The summed E-state index contributed by atoms with van der Waals surface area (Å²) in [7, 11) is 0. The van der Waals surface area contributed by atoms with Crippen LogP contribution in [0, 0.1) is 6.92 Å². The van der Waals surface area contributed by atoms with Gasteiger partial charge in [-0.2, -0.15) is 0 Å². The van der Waals surface area contributed by atoms with Gasteiger partial charge in [0.1, 0.15) is 5.75 Å². The molecule has 6 nitrogen and oxygen atoms in total. The van der Waals surface area contributed by atoms with E-state index in [-0.39, 0.29) is 6.04 Å². The van der Waals surface area contributed by atoms with E-state index in [0.717, 1.165) is 5.69 Å². The minimum Gasteiger partial charge on any atom is -0.423 e. The van der Waals surface area contributed by atoms with Crippen molar-refractivity contribution < 1.29 is 4.74 Å². The molecule has 0 aliphatic carbocycles. The Balaban J connectivity index is 2.26. The highest BCUT2D eigenvalue weighted by Gasteiger charge is 2.15. The molecule has 2 aromatic rings. The highest BCUT2D eigenvalue weighted by atomic mass is 16.5. The summed E-state index contributed by atoms with van der Waals surface area (Å²) in [5.41, 5.74) is 6.77. The van der Waals surface area contributed by atoms with Crippen LogP contribution in [-0.4, -0.2) is 19.7 Å². The second-order valence-electron chi connectivity index (χ2n) is 4.11. The lowest BCUT2D eigenvalue weighted by molar-refractivity contribution is 0.407. The number of aromatic nitrogens is 4. The van der Waals surface area contributed by atoms with Gasteiger partial charge in [-0.25, -0.2) is 0 Å². The van der Waals surface area contributed by atoms with Crippen LogP contribution in [0.2, 0.25) is 0 Å². The lowest BCUT2D eigenvalue weighted by Gasteiger charge is -2.09. The molecule has 18 heavy (non-hydrogen) atoms.